The van der Waals surface area contributed by atoms with Crippen molar-refractivity contribution >= 4 is 5.82 Å². The molecule has 0 amide bonds. The predicted molar refractivity (Wildman–Crippen MR) is 76.3 cm³/mol. The second kappa shape index (κ2) is 5.41. The summed E-state index contributed by atoms with van der Waals surface area (Å²) in [7, 11) is 0. The van der Waals surface area contributed by atoms with Crippen molar-refractivity contribution in [1.82, 2.24) is 4.98 Å². The zero-order valence-electron chi connectivity index (χ0n) is 11.1. The van der Waals surface area contributed by atoms with Crippen LogP contribution in [0, 0.1) is 6.92 Å². The van der Waals surface area contributed by atoms with Gasteiger partial charge in [0.25, 0.3) is 0 Å². The molecule has 0 aliphatic carbocycles. The van der Waals surface area contributed by atoms with Crippen LogP contribution in [0.15, 0.2) is 48.7 Å². The molecule has 3 nitrogen and oxygen atoms in total. The number of nitrogens with zero attached hydrogens (tertiary/aromatic N) is 2. The summed E-state index contributed by atoms with van der Waals surface area (Å²) in [6.07, 6.45) is 1.98. The molecule has 1 unspecified atom stereocenters. The molecule has 0 spiro atoms. The van der Waals surface area contributed by atoms with Crippen LogP contribution in [-0.2, 0) is 4.74 Å². The number of pyridine rings is 1. The van der Waals surface area contributed by atoms with Crippen molar-refractivity contribution in [2.45, 2.75) is 13.0 Å². The molecule has 1 fully saturated rings. The monoisotopic (exact) mass is 254 g/mol. The lowest BCUT2D eigenvalue weighted by molar-refractivity contribution is 0.0391. The second-order valence-electron chi connectivity index (χ2n) is 4.85. The zero-order valence-corrected chi connectivity index (χ0v) is 11.1. The molecule has 1 aromatic heterocycles. The molecule has 98 valence electrons. The fourth-order valence-electron chi connectivity index (χ4n) is 2.53. The Bertz CT molecular complexity index is 541. The van der Waals surface area contributed by atoms with Gasteiger partial charge >= 0.3 is 0 Å². The minimum absolute atomic E-state index is 0.136. The summed E-state index contributed by atoms with van der Waals surface area (Å²) in [6.45, 7) is 4.65. The molecule has 2 aromatic rings. The predicted octanol–water partition coefficient (Wildman–Crippen LogP) is 2.97. The van der Waals surface area contributed by atoms with Gasteiger partial charge in [0.05, 0.1) is 6.61 Å². The number of hydrogen-bond acceptors (Lipinski definition) is 3. The normalized spacial score (nSPS) is 19.4. The van der Waals surface area contributed by atoms with Crippen LogP contribution in [0.25, 0.3) is 0 Å². The van der Waals surface area contributed by atoms with E-state index in [1.807, 2.05) is 18.3 Å². The Morgan fingerprint density at radius 3 is 2.79 bits per heavy atom. The average molecular weight is 254 g/mol. The maximum absolute atomic E-state index is 5.93. The number of rotatable bonds is 2. The summed E-state index contributed by atoms with van der Waals surface area (Å²) in [5.74, 6) is 1.03. The van der Waals surface area contributed by atoms with Gasteiger partial charge < -0.3 is 9.64 Å². The molecule has 3 heteroatoms. The number of anilines is 1. The SMILES string of the molecule is Cc1ccccc1C1CN(c2ccccn2)CCO1. The van der Waals surface area contributed by atoms with Crippen LogP contribution in [0.5, 0.6) is 0 Å². The molecule has 1 aromatic carbocycles. The van der Waals surface area contributed by atoms with Gasteiger partial charge in [-0.2, -0.15) is 0 Å². The smallest absolute Gasteiger partial charge is 0.128 e. The topological polar surface area (TPSA) is 25.4 Å². The summed E-state index contributed by atoms with van der Waals surface area (Å²) in [5, 5.41) is 0. The van der Waals surface area contributed by atoms with E-state index >= 15 is 0 Å². The minimum Gasteiger partial charge on any atom is -0.370 e. The van der Waals surface area contributed by atoms with Gasteiger partial charge in [0.2, 0.25) is 0 Å². The number of aryl methyl sites for hydroxylation is 1. The van der Waals surface area contributed by atoms with Crippen molar-refractivity contribution in [1.29, 1.82) is 0 Å². The van der Waals surface area contributed by atoms with E-state index < -0.39 is 0 Å². The van der Waals surface area contributed by atoms with Crippen LogP contribution < -0.4 is 4.90 Å². The highest BCUT2D eigenvalue weighted by Gasteiger charge is 2.23. The van der Waals surface area contributed by atoms with E-state index in [1.54, 1.807) is 0 Å². The maximum Gasteiger partial charge on any atom is 0.128 e. The van der Waals surface area contributed by atoms with Crippen molar-refractivity contribution in [3.05, 3.63) is 59.8 Å². The van der Waals surface area contributed by atoms with Gasteiger partial charge in [0.15, 0.2) is 0 Å². The average Bonchev–Trinajstić information content (AvgIpc) is 2.49. The molecular weight excluding hydrogens is 236 g/mol. The van der Waals surface area contributed by atoms with E-state index in [1.165, 1.54) is 11.1 Å². The van der Waals surface area contributed by atoms with Crippen molar-refractivity contribution < 1.29 is 4.74 Å². The van der Waals surface area contributed by atoms with Crippen molar-refractivity contribution in [3.63, 3.8) is 0 Å². The Balaban J connectivity index is 1.81. The van der Waals surface area contributed by atoms with E-state index in [4.69, 9.17) is 4.74 Å². The summed E-state index contributed by atoms with van der Waals surface area (Å²) in [4.78, 5) is 6.72. The van der Waals surface area contributed by atoms with Crippen LogP contribution in [-0.4, -0.2) is 24.7 Å². The quantitative estimate of drug-likeness (QED) is 0.824. The second-order valence-corrected chi connectivity index (χ2v) is 4.85. The zero-order chi connectivity index (χ0) is 13.1. The van der Waals surface area contributed by atoms with Gasteiger partial charge in [0, 0.05) is 19.3 Å². The molecule has 0 saturated carbocycles. The van der Waals surface area contributed by atoms with Crippen molar-refractivity contribution in [3.8, 4) is 0 Å². The maximum atomic E-state index is 5.93. The molecule has 2 heterocycles. The molecule has 0 N–H and O–H groups in total. The van der Waals surface area contributed by atoms with Gasteiger partial charge in [-0.15, -0.1) is 0 Å². The van der Waals surface area contributed by atoms with Gasteiger partial charge in [-0.25, -0.2) is 4.98 Å². The molecule has 1 aliphatic rings. The molecule has 3 rings (SSSR count). The van der Waals surface area contributed by atoms with Crippen molar-refractivity contribution in [2.75, 3.05) is 24.6 Å². The van der Waals surface area contributed by atoms with Gasteiger partial charge in [-0.05, 0) is 30.2 Å². The lowest BCUT2D eigenvalue weighted by Crippen LogP contribution is -2.39. The third-order valence-corrected chi connectivity index (χ3v) is 3.58. The molecule has 1 saturated heterocycles. The lowest BCUT2D eigenvalue weighted by atomic mass is 10.0. The number of benzene rings is 1. The number of aromatic nitrogens is 1. The van der Waals surface area contributed by atoms with E-state index in [2.05, 4.69) is 47.1 Å². The minimum atomic E-state index is 0.136. The standard InChI is InChI=1S/C16H18N2O/c1-13-6-2-3-7-14(13)15-12-18(10-11-19-15)16-8-4-5-9-17-16/h2-9,15H,10-12H2,1H3. The first-order valence-electron chi connectivity index (χ1n) is 6.68. The first-order chi connectivity index (χ1) is 9.34. The van der Waals surface area contributed by atoms with Gasteiger partial charge in [-0.3, -0.25) is 0 Å². The summed E-state index contributed by atoms with van der Waals surface area (Å²) >= 11 is 0. The highest BCUT2D eigenvalue weighted by molar-refractivity contribution is 5.40. The van der Waals surface area contributed by atoms with E-state index in [0.29, 0.717) is 0 Å². The Kier molecular flexibility index (Phi) is 3.47. The summed E-state index contributed by atoms with van der Waals surface area (Å²) in [6, 6.07) is 14.5. The van der Waals surface area contributed by atoms with E-state index in [0.717, 1.165) is 25.5 Å². The van der Waals surface area contributed by atoms with E-state index in [-0.39, 0.29) is 6.10 Å². The van der Waals surface area contributed by atoms with Crippen molar-refractivity contribution in [2.24, 2.45) is 0 Å². The number of morpholine rings is 1. The third-order valence-electron chi connectivity index (χ3n) is 3.58. The third kappa shape index (κ3) is 2.61. The molecular formula is C16H18N2O. The largest absolute Gasteiger partial charge is 0.370 e. The van der Waals surface area contributed by atoms with Crippen LogP contribution in [0.3, 0.4) is 0 Å². The fraction of sp³-hybridized carbons (Fsp3) is 0.312. The highest BCUT2D eigenvalue weighted by Crippen LogP contribution is 2.26. The first-order valence-corrected chi connectivity index (χ1v) is 6.68. The molecule has 0 radical (unpaired) electrons. The van der Waals surface area contributed by atoms with Crippen LogP contribution in [0.1, 0.15) is 17.2 Å². The number of ether oxygens (including phenoxy) is 1. The van der Waals surface area contributed by atoms with Crippen LogP contribution >= 0.6 is 0 Å². The summed E-state index contributed by atoms with van der Waals surface area (Å²) in [5.41, 5.74) is 2.57. The first kappa shape index (κ1) is 12.2. The van der Waals surface area contributed by atoms with Crippen LogP contribution in [0.4, 0.5) is 5.82 Å². The molecule has 19 heavy (non-hydrogen) atoms. The Hall–Kier alpha value is -1.87. The van der Waals surface area contributed by atoms with Crippen LogP contribution in [0.2, 0.25) is 0 Å². The van der Waals surface area contributed by atoms with Gasteiger partial charge in [0.1, 0.15) is 11.9 Å². The fourth-order valence-corrected chi connectivity index (χ4v) is 2.53. The molecule has 1 aliphatic heterocycles. The molecule has 0 bridgehead atoms. The lowest BCUT2D eigenvalue weighted by Gasteiger charge is -2.34. The summed E-state index contributed by atoms with van der Waals surface area (Å²) < 4.78 is 5.93. The molecule has 1 atom stereocenters. The Morgan fingerprint density at radius 1 is 1.16 bits per heavy atom. The van der Waals surface area contributed by atoms with E-state index in [9.17, 15) is 0 Å². The Morgan fingerprint density at radius 2 is 2.00 bits per heavy atom. The highest BCUT2D eigenvalue weighted by atomic mass is 16.5. The Labute approximate surface area is 113 Å². The number of hydrogen-bond donors (Lipinski definition) is 0. The van der Waals surface area contributed by atoms with Gasteiger partial charge in [-0.1, -0.05) is 30.3 Å².